The Hall–Kier alpha value is -4.26. The number of carbonyl (C=O) groups is 4. The van der Waals surface area contributed by atoms with E-state index in [0.717, 1.165) is 24.1 Å². The van der Waals surface area contributed by atoms with Crippen LogP contribution in [0.5, 0.6) is 0 Å². The molecular formula is C34H35NO6. The summed E-state index contributed by atoms with van der Waals surface area (Å²) in [6.07, 6.45) is 8.25. The summed E-state index contributed by atoms with van der Waals surface area (Å²) in [5.41, 5.74) is 1.79. The van der Waals surface area contributed by atoms with Crippen LogP contribution in [-0.2, 0) is 35.2 Å². The van der Waals surface area contributed by atoms with Crippen LogP contribution < -0.4 is 0 Å². The van der Waals surface area contributed by atoms with Crippen molar-refractivity contribution in [1.82, 2.24) is 4.90 Å². The first kappa shape index (κ1) is 28.3. The van der Waals surface area contributed by atoms with Gasteiger partial charge in [-0.25, -0.2) is 0 Å². The van der Waals surface area contributed by atoms with Crippen molar-refractivity contribution in [2.24, 2.45) is 5.92 Å². The number of ketones is 2. The number of hydrogen-bond donors (Lipinski definition) is 0. The summed E-state index contributed by atoms with van der Waals surface area (Å²) in [4.78, 5) is 55.3. The number of fused-ring (bicyclic) bond motifs is 1. The molecule has 3 aliphatic rings. The average molecular weight is 554 g/mol. The summed E-state index contributed by atoms with van der Waals surface area (Å²) in [6.45, 7) is 1.92. The molecule has 1 saturated carbocycles. The largest absolute Gasteiger partial charge is 0.469 e. The third-order valence-electron chi connectivity index (χ3n) is 8.16. The summed E-state index contributed by atoms with van der Waals surface area (Å²) in [7, 11) is 1.37. The molecule has 1 atom stereocenters. The Balaban J connectivity index is 1.60. The minimum absolute atomic E-state index is 0.251. The Bertz CT molecular complexity index is 1430. The smallest absolute Gasteiger partial charge is 0.310 e. The van der Waals surface area contributed by atoms with Gasteiger partial charge >= 0.3 is 11.9 Å². The van der Waals surface area contributed by atoms with Gasteiger partial charge in [0, 0.05) is 41.6 Å². The zero-order valence-electron chi connectivity index (χ0n) is 23.6. The van der Waals surface area contributed by atoms with Gasteiger partial charge in [-0.1, -0.05) is 73.5 Å². The summed E-state index contributed by atoms with van der Waals surface area (Å²) in [5.74, 6) is -2.12. The van der Waals surface area contributed by atoms with E-state index in [4.69, 9.17) is 9.47 Å². The van der Waals surface area contributed by atoms with Crippen molar-refractivity contribution in [3.05, 3.63) is 101 Å². The van der Waals surface area contributed by atoms with E-state index in [0.29, 0.717) is 54.5 Å². The first-order chi connectivity index (χ1) is 19.8. The topological polar surface area (TPSA) is 90.0 Å². The van der Waals surface area contributed by atoms with Crippen LogP contribution in [0.2, 0.25) is 0 Å². The fraction of sp³-hybridized carbons (Fsp3) is 0.353. The molecular weight excluding hydrogens is 518 g/mol. The van der Waals surface area contributed by atoms with Crippen molar-refractivity contribution < 1.29 is 28.7 Å². The third-order valence-corrected chi connectivity index (χ3v) is 8.16. The minimum Gasteiger partial charge on any atom is -0.469 e. The first-order valence-electron chi connectivity index (χ1n) is 14.2. The van der Waals surface area contributed by atoms with Crippen molar-refractivity contribution in [2.45, 2.75) is 64.0 Å². The lowest BCUT2D eigenvalue weighted by molar-refractivity contribution is -0.171. The second-order valence-corrected chi connectivity index (χ2v) is 11.0. The Morgan fingerprint density at radius 1 is 0.951 bits per heavy atom. The Morgan fingerprint density at radius 2 is 1.61 bits per heavy atom. The Morgan fingerprint density at radius 3 is 2.27 bits per heavy atom. The van der Waals surface area contributed by atoms with Crippen LogP contribution >= 0.6 is 0 Å². The number of allylic oxidation sites excluding steroid dienone is 3. The van der Waals surface area contributed by atoms with E-state index in [-0.39, 0.29) is 18.3 Å². The maximum atomic E-state index is 14.2. The number of hydrogen-bond acceptors (Lipinski definition) is 7. The highest BCUT2D eigenvalue weighted by Gasteiger charge is 2.53. The van der Waals surface area contributed by atoms with E-state index in [9.17, 15) is 19.2 Å². The molecule has 2 aliphatic carbocycles. The van der Waals surface area contributed by atoms with Crippen LogP contribution in [-0.4, -0.2) is 41.1 Å². The van der Waals surface area contributed by atoms with Crippen molar-refractivity contribution in [3.8, 4) is 0 Å². The van der Waals surface area contributed by atoms with Gasteiger partial charge in [-0.3, -0.25) is 19.2 Å². The van der Waals surface area contributed by atoms with E-state index >= 15 is 0 Å². The maximum absolute atomic E-state index is 14.2. The number of rotatable bonds is 9. The average Bonchev–Trinajstić information content (AvgIpc) is 3.54. The highest BCUT2D eigenvalue weighted by Crippen LogP contribution is 2.43. The van der Waals surface area contributed by atoms with Crippen LogP contribution in [0.25, 0.3) is 5.57 Å². The highest BCUT2D eigenvalue weighted by atomic mass is 16.6. The molecule has 1 fully saturated rings. The molecule has 5 rings (SSSR count). The number of esters is 2. The van der Waals surface area contributed by atoms with Crippen LogP contribution in [0.3, 0.4) is 0 Å². The van der Waals surface area contributed by atoms with Crippen LogP contribution in [0.4, 0.5) is 0 Å². The quantitative estimate of drug-likeness (QED) is 0.290. The molecule has 0 saturated heterocycles. The van der Waals surface area contributed by atoms with E-state index < -0.39 is 23.1 Å². The number of ether oxygens (including phenoxy) is 2. The predicted molar refractivity (Wildman–Crippen MR) is 154 cm³/mol. The molecule has 1 unspecified atom stereocenters. The second-order valence-electron chi connectivity index (χ2n) is 11.0. The van der Waals surface area contributed by atoms with Crippen molar-refractivity contribution in [1.29, 1.82) is 0 Å². The van der Waals surface area contributed by atoms with Gasteiger partial charge < -0.3 is 14.4 Å². The number of Topliss-reactive ketones (excluding diaryl/α,β-unsaturated/α-hetero) is 2. The minimum atomic E-state index is -1.96. The zero-order chi connectivity index (χ0) is 29.0. The molecule has 0 spiro atoms. The molecule has 7 heteroatoms. The van der Waals surface area contributed by atoms with Gasteiger partial charge in [-0.2, -0.15) is 0 Å². The zero-order valence-corrected chi connectivity index (χ0v) is 23.6. The molecule has 0 amide bonds. The molecule has 212 valence electrons. The van der Waals surface area contributed by atoms with E-state index in [1.165, 1.54) is 14.0 Å². The lowest BCUT2D eigenvalue weighted by Gasteiger charge is -2.38. The number of benzene rings is 2. The number of methoxy groups -OCH3 is 1. The van der Waals surface area contributed by atoms with Gasteiger partial charge in [0.25, 0.3) is 0 Å². The van der Waals surface area contributed by atoms with Gasteiger partial charge in [-0.15, -0.1) is 0 Å². The van der Waals surface area contributed by atoms with Crippen molar-refractivity contribution in [2.75, 3.05) is 7.11 Å². The lowest BCUT2D eigenvalue weighted by atomic mass is 9.73. The van der Waals surface area contributed by atoms with Crippen LogP contribution in [0, 0.1) is 5.92 Å². The summed E-state index contributed by atoms with van der Waals surface area (Å²) >= 11 is 0. The number of carbonyl (C=O) groups excluding carboxylic acids is 4. The standard InChI is InChI=1S/C34H35NO6/c1-34(41-33(39)25-16-9-10-17-25)31(37)28-22-35(21-23-12-5-3-6-13-23)26(18-11-19-29(36)40-2)20-27(28)30(32(34)38)24-14-7-4-8-15-24/h3-8,12-15,20,22,25H,9-11,16-19,21H2,1-2H3. The molecule has 1 aliphatic heterocycles. The fourth-order valence-electron chi connectivity index (χ4n) is 5.83. The van der Waals surface area contributed by atoms with Crippen LogP contribution in [0.15, 0.2) is 89.8 Å². The molecule has 2 aromatic carbocycles. The summed E-state index contributed by atoms with van der Waals surface area (Å²) in [6, 6.07) is 19.1. The molecule has 2 aromatic rings. The predicted octanol–water partition coefficient (Wildman–Crippen LogP) is 5.71. The Labute approximate surface area is 240 Å². The molecule has 7 nitrogen and oxygen atoms in total. The SMILES string of the molecule is COC(=O)CCCC1=CC2=C(c3ccccc3)C(=O)C(C)(OC(=O)C3CCCC3)C(=O)C2=CN1Cc1ccccc1. The normalized spacial score (nSPS) is 20.9. The molecule has 1 heterocycles. The monoisotopic (exact) mass is 553 g/mol. The van der Waals surface area contributed by atoms with Gasteiger partial charge in [0.1, 0.15) is 0 Å². The van der Waals surface area contributed by atoms with Crippen LogP contribution in [0.1, 0.15) is 63.0 Å². The van der Waals surface area contributed by atoms with Gasteiger partial charge in [0.2, 0.25) is 17.2 Å². The van der Waals surface area contributed by atoms with E-state index in [1.807, 2.05) is 71.6 Å². The van der Waals surface area contributed by atoms with E-state index in [2.05, 4.69) is 0 Å². The van der Waals surface area contributed by atoms with Gasteiger partial charge in [0.05, 0.1) is 13.0 Å². The maximum Gasteiger partial charge on any atom is 0.310 e. The molecule has 0 aromatic heterocycles. The summed E-state index contributed by atoms with van der Waals surface area (Å²) in [5, 5.41) is 0. The molecule has 0 N–H and O–H groups in total. The highest BCUT2D eigenvalue weighted by molar-refractivity contribution is 6.40. The Kier molecular flexibility index (Phi) is 8.34. The molecule has 0 bridgehead atoms. The van der Waals surface area contributed by atoms with Crippen molar-refractivity contribution in [3.63, 3.8) is 0 Å². The lowest BCUT2D eigenvalue weighted by Crippen LogP contribution is -2.53. The second kappa shape index (κ2) is 12.1. The number of nitrogens with zero attached hydrogens (tertiary/aromatic N) is 1. The molecule has 0 radical (unpaired) electrons. The van der Waals surface area contributed by atoms with Crippen molar-refractivity contribution >= 4 is 29.1 Å². The van der Waals surface area contributed by atoms with Gasteiger partial charge in [-0.05, 0) is 49.8 Å². The van der Waals surface area contributed by atoms with Gasteiger partial charge in [0.15, 0.2) is 0 Å². The third kappa shape index (κ3) is 5.80. The first-order valence-corrected chi connectivity index (χ1v) is 14.2. The van der Waals surface area contributed by atoms with E-state index in [1.54, 1.807) is 6.20 Å². The fourth-order valence-corrected chi connectivity index (χ4v) is 5.83. The summed E-state index contributed by atoms with van der Waals surface area (Å²) < 4.78 is 10.7. The molecule has 41 heavy (non-hydrogen) atoms.